The summed E-state index contributed by atoms with van der Waals surface area (Å²) >= 11 is 0. The van der Waals surface area contributed by atoms with E-state index in [-0.39, 0.29) is 11.9 Å². The van der Waals surface area contributed by atoms with Crippen LogP contribution in [0.1, 0.15) is 29.6 Å². The van der Waals surface area contributed by atoms with Crippen molar-refractivity contribution in [1.82, 2.24) is 24.7 Å². The smallest absolute Gasteiger partial charge is 0.246 e. The molecule has 0 fully saturated rings. The first-order valence-corrected chi connectivity index (χ1v) is 9.43. The molecule has 1 N–H and O–H groups in total. The molecule has 4 heterocycles. The summed E-state index contributed by atoms with van der Waals surface area (Å²) in [6.07, 6.45) is 6.58. The SMILES string of the molecule is Cc1nc(CCc2cnn(Cc3ccnc(F)c3)c2)nc2c1NC(=O)[C@H](C)N2C. The Morgan fingerprint density at radius 2 is 2.07 bits per heavy atom. The number of amides is 1. The zero-order valence-electron chi connectivity index (χ0n) is 16.6. The average molecular weight is 395 g/mol. The zero-order chi connectivity index (χ0) is 20.5. The van der Waals surface area contributed by atoms with Gasteiger partial charge < -0.3 is 10.2 Å². The normalized spacial score (nSPS) is 15.9. The predicted molar refractivity (Wildman–Crippen MR) is 106 cm³/mol. The van der Waals surface area contributed by atoms with E-state index in [1.807, 2.05) is 32.0 Å². The number of hydrogen-bond acceptors (Lipinski definition) is 6. The van der Waals surface area contributed by atoms with E-state index in [0.717, 1.165) is 34.9 Å². The van der Waals surface area contributed by atoms with Crippen molar-refractivity contribution < 1.29 is 9.18 Å². The van der Waals surface area contributed by atoms with Crippen LogP contribution in [0.2, 0.25) is 0 Å². The first kappa shape index (κ1) is 19.0. The summed E-state index contributed by atoms with van der Waals surface area (Å²) < 4.78 is 15.0. The third-order valence-electron chi connectivity index (χ3n) is 5.12. The van der Waals surface area contributed by atoms with E-state index in [2.05, 4.69) is 25.4 Å². The van der Waals surface area contributed by atoms with E-state index < -0.39 is 5.95 Å². The van der Waals surface area contributed by atoms with Gasteiger partial charge in [0.1, 0.15) is 17.6 Å². The number of anilines is 2. The number of aromatic nitrogens is 5. The van der Waals surface area contributed by atoms with Gasteiger partial charge in [-0.25, -0.2) is 15.0 Å². The Balaban J connectivity index is 1.45. The highest BCUT2D eigenvalue weighted by atomic mass is 19.1. The summed E-state index contributed by atoms with van der Waals surface area (Å²) in [6.45, 7) is 4.20. The van der Waals surface area contributed by atoms with Crippen molar-refractivity contribution in [2.45, 2.75) is 39.3 Å². The summed E-state index contributed by atoms with van der Waals surface area (Å²) in [5, 5.41) is 7.24. The molecule has 0 radical (unpaired) electrons. The van der Waals surface area contributed by atoms with Gasteiger partial charge in [-0.1, -0.05) is 0 Å². The highest BCUT2D eigenvalue weighted by Crippen LogP contribution is 2.31. The quantitative estimate of drug-likeness (QED) is 0.666. The summed E-state index contributed by atoms with van der Waals surface area (Å²) in [5.41, 5.74) is 3.29. The highest BCUT2D eigenvalue weighted by molar-refractivity contribution is 6.02. The van der Waals surface area contributed by atoms with Gasteiger partial charge in [-0.3, -0.25) is 9.48 Å². The maximum atomic E-state index is 13.2. The van der Waals surface area contributed by atoms with Crippen molar-refractivity contribution in [3.05, 3.63) is 59.3 Å². The first-order chi connectivity index (χ1) is 13.9. The van der Waals surface area contributed by atoms with Gasteiger partial charge in [-0.05, 0) is 43.5 Å². The van der Waals surface area contributed by atoms with Gasteiger partial charge >= 0.3 is 0 Å². The van der Waals surface area contributed by atoms with Gasteiger partial charge in [-0.15, -0.1) is 0 Å². The molecule has 3 aromatic heterocycles. The predicted octanol–water partition coefficient (Wildman–Crippen LogP) is 2.13. The number of nitrogens with zero attached hydrogens (tertiary/aromatic N) is 6. The summed E-state index contributed by atoms with van der Waals surface area (Å²) in [4.78, 5) is 26.7. The Bertz CT molecular complexity index is 1060. The molecule has 0 unspecified atom stereocenters. The Morgan fingerprint density at radius 3 is 2.86 bits per heavy atom. The van der Waals surface area contributed by atoms with Gasteiger partial charge in [-0.2, -0.15) is 9.49 Å². The van der Waals surface area contributed by atoms with Crippen LogP contribution in [0.25, 0.3) is 0 Å². The topological polar surface area (TPSA) is 88.8 Å². The van der Waals surface area contributed by atoms with E-state index in [1.165, 1.54) is 12.3 Å². The molecule has 0 saturated carbocycles. The molecule has 1 atom stereocenters. The summed E-state index contributed by atoms with van der Waals surface area (Å²) in [7, 11) is 1.87. The minimum absolute atomic E-state index is 0.0547. The van der Waals surface area contributed by atoms with E-state index in [0.29, 0.717) is 18.7 Å². The fourth-order valence-electron chi connectivity index (χ4n) is 3.32. The van der Waals surface area contributed by atoms with Crippen LogP contribution in [-0.2, 0) is 24.2 Å². The van der Waals surface area contributed by atoms with Crippen molar-refractivity contribution in [1.29, 1.82) is 0 Å². The molecule has 150 valence electrons. The number of rotatable bonds is 5. The van der Waals surface area contributed by atoms with Crippen LogP contribution in [0.3, 0.4) is 0 Å². The molecule has 3 aromatic rings. The van der Waals surface area contributed by atoms with Crippen LogP contribution >= 0.6 is 0 Å². The monoisotopic (exact) mass is 395 g/mol. The standard InChI is InChI=1S/C20H22FN7O/c1-12-18-19(27(3)13(2)20(29)26-18)25-17(24-12)5-4-15-9-23-28(11-15)10-14-6-7-22-16(21)8-14/h6-9,11,13H,4-5,10H2,1-3H3,(H,26,29)/t13-/m0/s1. The molecule has 29 heavy (non-hydrogen) atoms. The number of nitrogens with one attached hydrogen (secondary N) is 1. The fraction of sp³-hybridized carbons (Fsp3) is 0.350. The second kappa shape index (κ2) is 7.57. The maximum Gasteiger partial charge on any atom is 0.246 e. The maximum absolute atomic E-state index is 13.2. The Kier molecular flexibility index (Phi) is 4.96. The lowest BCUT2D eigenvalue weighted by atomic mass is 10.1. The molecule has 0 saturated heterocycles. The van der Waals surface area contributed by atoms with Crippen LogP contribution in [0.5, 0.6) is 0 Å². The second-order valence-corrected chi connectivity index (χ2v) is 7.23. The minimum atomic E-state index is -0.495. The largest absolute Gasteiger partial charge is 0.346 e. The van der Waals surface area contributed by atoms with Crippen molar-refractivity contribution in [3.63, 3.8) is 0 Å². The third-order valence-corrected chi connectivity index (χ3v) is 5.12. The number of aryl methyl sites for hydroxylation is 3. The molecule has 1 aliphatic heterocycles. The van der Waals surface area contributed by atoms with Gasteiger partial charge in [0.2, 0.25) is 11.9 Å². The second-order valence-electron chi connectivity index (χ2n) is 7.23. The Hall–Kier alpha value is -3.36. The zero-order valence-corrected chi connectivity index (χ0v) is 16.6. The molecule has 1 amide bonds. The van der Waals surface area contributed by atoms with Crippen molar-refractivity contribution in [2.24, 2.45) is 0 Å². The number of hydrogen-bond donors (Lipinski definition) is 1. The molecule has 0 aliphatic carbocycles. The van der Waals surface area contributed by atoms with Gasteiger partial charge in [0, 0.05) is 25.9 Å². The van der Waals surface area contributed by atoms with Crippen molar-refractivity contribution in [3.8, 4) is 0 Å². The number of halogens is 1. The molecule has 0 bridgehead atoms. The van der Waals surface area contributed by atoms with E-state index in [4.69, 9.17) is 0 Å². The fourth-order valence-corrected chi connectivity index (χ4v) is 3.32. The van der Waals surface area contributed by atoms with Crippen molar-refractivity contribution in [2.75, 3.05) is 17.3 Å². The van der Waals surface area contributed by atoms with Crippen molar-refractivity contribution >= 4 is 17.4 Å². The van der Waals surface area contributed by atoms with E-state index >= 15 is 0 Å². The molecule has 4 rings (SSSR count). The van der Waals surface area contributed by atoms with Gasteiger partial charge in [0.25, 0.3) is 0 Å². The number of carbonyl (C=O) groups excluding carboxylic acids is 1. The number of fused-ring (bicyclic) bond motifs is 1. The first-order valence-electron chi connectivity index (χ1n) is 9.43. The summed E-state index contributed by atoms with van der Waals surface area (Å²) in [6, 6.07) is 2.90. The van der Waals surface area contributed by atoms with E-state index in [1.54, 1.807) is 16.9 Å². The number of likely N-dealkylation sites (N-methyl/N-ethyl adjacent to an activating group) is 1. The molecule has 8 nitrogen and oxygen atoms in total. The van der Waals surface area contributed by atoms with Gasteiger partial charge in [0.05, 0.1) is 18.4 Å². The minimum Gasteiger partial charge on any atom is -0.346 e. The lowest BCUT2D eigenvalue weighted by Crippen LogP contribution is -2.45. The molecule has 0 spiro atoms. The Labute approximate surface area is 167 Å². The van der Waals surface area contributed by atoms with Crippen LogP contribution < -0.4 is 10.2 Å². The third kappa shape index (κ3) is 3.94. The molecule has 0 aromatic carbocycles. The van der Waals surface area contributed by atoms with Gasteiger partial charge in [0.15, 0.2) is 5.82 Å². The summed E-state index contributed by atoms with van der Waals surface area (Å²) in [5.74, 6) is 0.918. The Morgan fingerprint density at radius 1 is 1.24 bits per heavy atom. The lowest BCUT2D eigenvalue weighted by Gasteiger charge is -2.32. The molecular formula is C20H22FN7O. The number of pyridine rings is 1. The number of carbonyl (C=O) groups is 1. The highest BCUT2D eigenvalue weighted by Gasteiger charge is 2.30. The molecule has 1 aliphatic rings. The molecule has 9 heteroatoms. The van der Waals surface area contributed by atoms with E-state index in [9.17, 15) is 9.18 Å². The van der Waals surface area contributed by atoms with Crippen LogP contribution in [-0.4, -0.2) is 43.7 Å². The molecular weight excluding hydrogens is 373 g/mol. The average Bonchev–Trinajstić information content (AvgIpc) is 3.13. The van der Waals surface area contributed by atoms with Crippen LogP contribution in [0.15, 0.2) is 30.7 Å². The van der Waals surface area contributed by atoms with Crippen LogP contribution in [0, 0.1) is 12.9 Å². The lowest BCUT2D eigenvalue weighted by molar-refractivity contribution is -0.117. The van der Waals surface area contributed by atoms with Crippen LogP contribution in [0.4, 0.5) is 15.9 Å².